The maximum absolute atomic E-state index is 11.8. The van der Waals surface area contributed by atoms with Crippen molar-refractivity contribution in [1.82, 2.24) is 10.3 Å². The first-order valence-corrected chi connectivity index (χ1v) is 4.55. The second kappa shape index (κ2) is 5.37. The van der Waals surface area contributed by atoms with Crippen molar-refractivity contribution in [2.75, 3.05) is 18.9 Å². The third kappa shape index (κ3) is 5.05. The normalized spacial score (nSPS) is 11.0. The van der Waals surface area contributed by atoms with Crippen molar-refractivity contribution in [3.8, 4) is 5.75 Å². The lowest BCUT2D eigenvalue weighted by Crippen LogP contribution is -2.36. The van der Waals surface area contributed by atoms with Gasteiger partial charge in [0.1, 0.15) is 6.54 Å². The highest BCUT2D eigenvalue weighted by Gasteiger charge is 2.27. The lowest BCUT2D eigenvalue weighted by molar-refractivity contribution is -0.139. The number of hydrogen-bond acceptors (Lipinski definition) is 4. The quantitative estimate of drug-likeness (QED) is 0.824. The van der Waals surface area contributed by atoms with Gasteiger partial charge in [-0.3, -0.25) is 4.79 Å². The van der Waals surface area contributed by atoms with E-state index in [1.807, 2.05) is 0 Å². The number of rotatable bonds is 4. The number of hydrogen-bond donors (Lipinski definition) is 2. The third-order valence-corrected chi connectivity index (χ3v) is 1.64. The van der Waals surface area contributed by atoms with Gasteiger partial charge in [0.25, 0.3) is 5.91 Å². The van der Waals surface area contributed by atoms with Gasteiger partial charge in [-0.1, -0.05) is 0 Å². The molecule has 1 heterocycles. The summed E-state index contributed by atoms with van der Waals surface area (Å²) in [7, 11) is 0. The predicted octanol–water partition coefficient (Wildman–Crippen LogP) is 0.721. The number of anilines is 1. The molecule has 0 fully saturated rings. The fraction of sp³-hybridized carbons (Fsp3) is 0.333. The molecular weight excluding hydrogens is 239 g/mol. The Kier molecular flexibility index (Phi) is 4.13. The molecule has 0 unspecified atom stereocenters. The zero-order valence-corrected chi connectivity index (χ0v) is 8.62. The minimum Gasteiger partial charge on any atom is -0.480 e. The fourth-order valence-corrected chi connectivity index (χ4v) is 0.918. The van der Waals surface area contributed by atoms with E-state index in [-0.39, 0.29) is 11.6 Å². The third-order valence-electron chi connectivity index (χ3n) is 1.64. The van der Waals surface area contributed by atoms with Gasteiger partial charge in [0.15, 0.2) is 18.2 Å². The Morgan fingerprint density at radius 2 is 2.24 bits per heavy atom. The fourth-order valence-electron chi connectivity index (χ4n) is 0.918. The summed E-state index contributed by atoms with van der Waals surface area (Å²) in [5.41, 5.74) is 5.40. The maximum atomic E-state index is 11.8. The molecule has 0 aliphatic heterocycles. The van der Waals surface area contributed by atoms with E-state index in [0.717, 1.165) is 0 Å². The Labute approximate surface area is 94.8 Å². The van der Waals surface area contributed by atoms with Gasteiger partial charge in [-0.25, -0.2) is 4.98 Å². The minimum atomic E-state index is -4.44. The van der Waals surface area contributed by atoms with E-state index in [2.05, 4.69) is 4.98 Å². The molecule has 1 rings (SSSR count). The first kappa shape index (κ1) is 13.1. The van der Waals surface area contributed by atoms with Gasteiger partial charge < -0.3 is 15.8 Å². The zero-order chi connectivity index (χ0) is 12.9. The highest BCUT2D eigenvalue weighted by atomic mass is 19.4. The van der Waals surface area contributed by atoms with Crippen LogP contribution in [0.15, 0.2) is 18.3 Å². The largest absolute Gasteiger partial charge is 0.480 e. The van der Waals surface area contributed by atoms with Crippen LogP contribution in [0.1, 0.15) is 0 Å². The number of carbonyl (C=O) groups is 1. The van der Waals surface area contributed by atoms with Crippen LogP contribution in [-0.2, 0) is 4.79 Å². The molecule has 0 atom stereocenters. The van der Waals surface area contributed by atoms with Crippen LogP contribution in [0.25, 0.3) is 0 Å². The van der Waals surface area contributed by atoms with E-state index < -0.39 is 25.2 Å². The number of amides is 1. The molecule has 0 saturated carbocycles. The van der Waals surface area contributed by atoms with Crippen LogP contribution in [0.4, 0.5) is 19.0 Å². The SMILES string of the molecule is Nc1ncccc1OCC(=O)NCC(F)(F)F. The predicted molar refractivity (Wildman–Crippen MR) is 53.2 cm³/mol. The number of aromatic nitrogens is 1. The monoisotopic (exact) mass is 249 g/mol. The molecule has 94 valence electrons. The van der Waals surface area contributed by atoms with Gasteiger partial charge in [0.2, 0.25) is 0 Å². The Hall–Kier alpha value is -1.99. The molecule has 0 aromatic carbocycles. The first-order valence-electron chi connectivity index (χ1n) is 4.55. The molecule has 5 nitrogen and oxygen atoms in total. The summed E-state index contributed by atoms with van der Waals surface area (Å²) >= 11 is 0. The summed E-state index contributed by atoms with van der Waals surface area (Å²) in [6.07, 6.45) is -3.02. The number of carbonyl (C=O) groups excluding carboxylic acids is 1. The summed E-state index contributed by atoms with van der Waals surface area (Å²) < 4.78 is 40.2. The van der Waals surface area contributed by atoms with Crippen molar-refractivity contribution in [2.24, 2.45) is 0 Å². The highest BCUT2D eigenvalue weighted by molar-refractivity contribution is 5.77. The highest BCUT2D eigenvalue weighted by Crippen LogP contribution is 2.16. The number of halogens is 3. The Morgan fingerprint density at radius 1 is 1.53 bits per heavy atom. The standard InChI is InChI=1S/C9H10F3N3O2/c10-9(11,12)5-15-7(16)4-17-6-2-1-3-14-8(6)13/h1-3H,4-5H2,(H2,13,14)(H,15,16). The van der Waals surface area contributed by atoms with E-state index in [1.165, 1.54) is 18.3 Å². The summed E-state index contributed by atoms with van der Waals surface area (Å²) in [5, 5.41) is 1.66. The average Bonchev–Trinajstić information content (AvgIpc) is 2.24. The van der Waals surface area contributed by atoms with Crippen molar-refractivity contribution >= 4 is 11.7 Å². The van der Waals surface area contributed by atoms with Gasteiger partial charge in [-0.05, 0) is 12.1 Å². The van der Waals surface area contributed by atoms with Crippen molar-refractivity contribution in [1.29, 1.82) is 0 Å². The molecule has 8 heteroatoms. The molecule has 1 aromatic rings. The number of nitrogen functional groups attached to an aromatic ring is 1. The van der Waals surface area contributed by atoms with Crippen molar-refractivity contribution < 1.29 is 22.7 Å². The van der Waals surface area contributed by atoms with E-state index >= 15 is 0 Å². The van der Waals surface area contributed by atoms with Crippen LogP contribution in [0.3, 0.4) is 0 Å². The second-order valence-electron chi connectivity index (χ2n) is 3.07. The molecular formula is C9H10F3N3O2. The van der Waals surface area contributed by atoms with Gasteiger partial charge in [-0.2, -0.15) is 13.2 Å². The van der Waals surface area contributed by atoms with E-state index in [0.29, 0.717) is 0 Å². The van der Waals surface area contributed by atoms with Crippen LogP contribution in [-0.4, -0.2) is 30.2 Å². The molecule has 0 saturated heterocycles. The Morgan fingerprint density at radius 3 is 2.82 bits per heavy atom. The Balaban J connectivity index is 2.36. The molecule has 1 aromatic heterocycles. The smallest absolute Gasteiger partial charge is 0.405 e. The number of ether oxygens (including phenoxy) is 1. The molecule has 17 heavy (non-hydrogen) atoms. The summed E-state index contributed by atoms with van der Waals surface area (Å²) in [6, 6.07) is 2.98. The summed E-state index contributed by atoms with van der Waals surface area (Å²) in [4.78, 5) is 14.7. The average molecular weight is 249 g/mol. The van der Waals surface area contributed by atoms with Crippen molar-refractivity contribution in [2.45, 2.75) is 6.18 Å². The summed E-state index contributed by atoms with van der Waals surface area (Å²) in [6.45, 7) is -1.94. The van der Waals surface area contributed by atoms with Gasteiger partial charge in [0.05, 0.1) is 0 Å². The van der Waals surface area contributed by atoms with Crippen LogP contribution >= 0.6 is 0 Å². The van der Waals surface area contributed by atoms with Crippen molar-refractivity contribution in [3.63, 3.8) is 0 Å². The van der Waals surface area contributed by atoms with Crippen LogP contribution < -0.4 is 15.8 Å². The molecule has 0 aliphatic rings. The first-order chi connectivity index (χ1) is 7.88. The van der Waals surface area contributed by atoms with Gasteiger partial charge in [-0.15, -0.1) is 0 Å². The number of alkyl halides is 3. The number of pyridine rings is 1. The molecule has 0 aliphatic carbocycles. The maximum Gasteiger partial charge on any atom is 0.405 e. The van der Waals surface area contributed by atoms with Gasteiger partial charge in [0, 0.05) is 6.20 Å². The lowest BCUT2D eigenvalue weighted by atomic mass is 10.4. The second-order valence-corrected chi connectivity index (χ2v) is 3.07. The van der Waals surface area contributed by atoms with E-state index in [1.54, 1.807) is 5.32 Å². The molecule has 0 radical (unpaired) electrons. The van der Waals surface area contributed by atoms with Gasteiger partial charge >= 0.3 is 6.18 Å². The van der Waals surface area contributed by atoms with Crippen molar-refractivity contribution in [3.05, 3.63) is 18.3 Å². The van der Waals surface area contributed by atoms with Crippen LogP contribution in [0.2, 0.25) is 0 Å². The number of nitrogens with two attached hydrogens (primary N) is 1. The number of nitrogens with zero attached hydrogens (tertiary/aromatic N) is 1. The van der Waals surface area contributed by atoms with Crippen LogP contribution in [0, 0.1) is 0 Å². The lowest BCUT2D eigenvalue weighted by Gasteiger charge is -2.10. The zero-order valence-electron chi connectivity index (χ0n) is 8.62. The molecule has 3 N–H and O–H groups in total. The van der Waals surface area contributed by atoms with E-state index in [9.17, 15) is 18.0 Å². The summed E-state index contributed by atoms with van der Waals surface area (Å²) in [5.74, 6) is -0.670. The molecule has 1 amide bonds. The topological polar surface area (TPSA) is 77.2 Å². The molecule has 0 spiro atoms. The number of nitrogens with one attached hydrogen (secondary N) is 1. The minimum absolute atomic E-state index is 0.0659. The Bertz CT molecular complexity index is 395. The molecule has 0 bridgehead atoms. The van der Waals surface area contributed by atoms with Crippen LogP contribution in [0.5, 0.6) is 5.75 Å². The van der Waals surface area contributed by atoms with E-state index in [4.69, 9.17) is 10.5 Å².